The maximum Gasteiger partial charge on any atom is 0.185 e. The Bertz CT molecular complexity index is 439. The minimum atomic E-state index is -0.0974. The summed E-state index contributed by atoms with van der Waals surface area (Å²) in [5.41, 5.74) is 0.630. The fourth-order valence-corrected chi connectivity index (χ4v) is 2.38. The van der Waals surface area contributed by atoms with Crippen molar-refractivity contribution in [2.45, 2.75) is 32.1 Å². The molecule has 0 radical (unpaired) electrons. The molecule has 1 aromatic carbocycles. The van der Waals surface area contributed by atoms with Crippen molar-refractivity contribution in [1.29, 1.82) is 0 Å². The maximum atomic E-state index is 11.9. The third-order valence-corrected chi connectivity index (χ3v) is 3.46. The van der Waals surface area contributed by atoms with E-state index in [1.165, 1.54) is 18.6 Å². The molecule has 1 saturated carbocycles. The van der Waals surface area contributed by atoms with Crippen LogP contribution in [0.2, 0.25) is 0 Å². The first-order chi connectivity index (χ1) is 8.77. The molecule has 0 saturated heterocycles. The van der Waals surface area contributed by atoms with Crippen molar-refractivity contribution in [3.05, 3.63) is 48.0 Å². The molecule has 94 valence electrons. The van der Waals surface area contributed by atoms with Crippen molar-refractivity contribution in [3.8, 4) is 0 Å². The van der Waals surface area contributed by atoms with Crippen molar-refractivity contribution >= 4 is 11.6 Å². The number of carbonyl (C=O) groups is 2. The summed E-state index contributed by atoms with van der Waals surface area (Å²) < 4.78 is 0. The van der Waals surface area contributed by atoms with Gasteiger partial charge in [-0.15, -0.1) is 0 Å². The smallest absolute Gasteiger partial charge is 0.185 e. The van der Waals surface area contributed by atoms with Gasteiger partial charge in [0.15, 0.2) is 11.6 Å². The summed E-state index contributed by atoms with van der Waals surface area (Å²) >= 11 is 0. The Morgan fingerprint density at radius 3 is 2.28 bits per heavy atom. The lowest BCUT2D eigenvalue weighted by atomic mass is 9.86. The van der Waals surface area contributed by atoms with Gasteiger partial charge in [-0.1, -0.05) is 49.6 Å². The van der Waals surface area contributed by atoms with Crippen LogP contribution in [0.25, 0.3) is 0 Å². The summed E-state index contributed by atoms with van der Waals surface area (Å²) in [5.74, 6) is 0.150. The third-order valence-electron chi connectivity index (χ3n) is 3.46. The van der Waals surface area contributed by atoms with Crippen LogP contribution in [0.1, 0.15) is 42.5 Å². The number of ketones is 2. The van der Waals surface area contributed by atoms with E-state index in [2.05, 4.69) is 0 Å². The van der Waals surface area contributed by atoms with Gasteiger partial charge in [0.1, 0.15) is 0 Å². The molecule has 0 N–H and O–H groups in total. The fraction of sp³-hybridized carbons (Fsp3) is 0.375. The lowest BCUT2D eigenvalue weighted by molar-refractivity contribution is -0.119. The van der Waals surface area contributed by atoms with Crippen LogP contribution in [0, 0.1) is 5.92 Å². The monoisotopic (exact) mass is 242 g/mol. The van der Waals surface area contributed by atoms with Gasteiger partial charge in [-0.05, 0) is 25.0 Å². The van der Waals surface area contributed by atoms with Crippen LogP contribution in [-0.2, 0) is 4.79 Å². The van der Waals surface area contributed by atoms with Gasteiger partial charge in [-0.2, -0.15) is 0 Å². The highest BCUT2D eigenvalue weighted by atomic mass is 16.1. The number of rotatable bonds is 4. The van der Waals surface area contributed by atoms with Crippen molar-refractivity contribution in [2.75, 3.05) is 0 Å². The summed E-state index contributed by atoms with van der Waals surface area (Å²) in [5, 5.41) is 0. The summed E-state index contributed by atoms with van der Waals surface area (Å²) in [4.78, 5) is 23.7. The molecule has 1 aliphatic rings. The summed E-state index contributed by atoms with van der Waals surface area (Å²) in [6, 6.07) is 9.04. The lowest BCUT2D eigenvalue weighted by Gasteiger charge is -2.18. The van der Waals surface area contributed by atoms with Crippen LogP contribution in [0.5, 0.6) is 0 Å². The van der Waals surface area contributed by atoms with Crippen LogP contribution in [-0.4, -0.2) is 11.6 Å². The van der Waals surface area contributed by atoms with E-state index in [-0.39, 0.29) is 17.5 Å². The van der Waals surface area contributed by atoms with Gasteiger partial charge in [-0.25, -0.2) is 0 Å². The molecule has 0 aliphatic heterocycles. The zero-order valence-corrected chi connectivity index (χ0v) is 10.5. The van der Waals surface area contributed by atoms with Crippen LogP contribution in [0.4, 0.5) is 0 Å². The topological polar surface area (TPSA) is 34.1 Å². The Kier molecular flexibility index (Phi) is 4.46. The van der Waals surface area contributed by atoms with Gasteiger partial charge in [0.05, 0.1) is 0 Å². The highest BCUT2D eigenvalue weighted by Gasteiger charge is 2.18. The number of benzene rings is 1. The highest BCUT2D eigenvalue weighted by molar-refractivity contribution is 6.08. The van der Waals surface area contributed by atoms with Crippen molar-refractivity contribution in [2.24, 2.45) is 5.92 Å². The molecule has 0 aromatic heterocycles. The Hall–Kier alpha value is -1.70. The number of carbonyl (C=O) groups excluding carboxylic acids is 2. The van der Waals surface area contributed by atoms with E-state index in [1.54, 1.807) is 12.1 Å². The van der Waals surface area contributed by atoms with E-state index in [9.17, 15) is 9.59 Å². The molecule has 0 unspecified atom stereocenters. The Morgan fingerprint density at radius 1 is 0.944 bits per heavy atom. The first kappa shape index (κ1) is 12.7. The van der Waals surface area contributed by atoms with E-state index in [0.717, 1.165) is 25.7 Å². The second-order valence-corrected chi connectivity index (χ2v) is 4.80. The minimum Gasteiger partial charge on any atom is -0.295 e. The first-order valence-electron chi connectivity index (χ1n) is 6.58. The van der Waals surface area contributed by atoms with E-state index >= 15 is 0 Å². The summed E-state index contributed by atoms with van der Waals surface area (Å²) in [7, 11) is 0. The predicted octanol–water partition coefficient (Wildman–Crippen LogP) is 3.57. The molecule has 2 nitrogen and oxygen atoms in total. The quantitative estimate of drug-likeness (QED) is 0.597. The largest absolute Gasteiger partial charge is 0.295 e. The number of allylic oxidation sites excluding steroid dienone is 2. The standard InChI is InChI=1S/C16H18O2/c17-15(13-7-3-1-4-8-13)11-12-16(18)14-9-5-2-6-10-14/h1,3-4,7-8,11-12,14H,2,5-6,9-10H2/b12-11-. The van der Waals surface area contributed by atoms with Crippen LogP contribution in [0.15, 0.2) is 42.5 Å². The summed E-state index contributed by atoms with van der Waals surface area (Å²) in [6.07, 6.45) is 8.33. The van der Waals surface area contributed by atoms with Crippen LogP contribution in [0.3, 0.4) is 0 Å². The SMILES string of the molecule is O=C(/C=C\C(=O)C1CCCCC1)c1ccccc1. The second kappa shape index (κ2) is 6.29. The molecular formula is C16H18O2. The van der Waals surface area contributed by atoms with Gasteiger partial charge in [0, 0.05) is 11.5 Å². The molecule has 0 atom stereocenters. The van der Waals surface area contributed by atoms with Gasteiger partial charge in [0.2, 0.25) is 0 Å². The zero-order valence-electron chi connectivity index (χ0n) is 10.5. The third kappa shape index (κ3) is 3.39. The van der Waals surface area contributed by atoms with Gasteiger partial charge < -0.3 is 0 Å². The van der Waals surface area contributed by atoms with Crippen molar-refractivity contribution < 1.29 is 9.59 Å². The zero-order chi connectivity index (χ0) is 12.8. The second-order valence-electron chi connectivity index (χ2n) is 4.80. The highest BCUT2D eigenvalue weighted by Crippen LogP contribution is 2.24. The molecular weight excluding hydrogens is 224 g/mol. The fourth-order valence-electron chi connectivity index (χ4n) is 2.38. The molecule has 1 aliphatic carbocycles. The van der Waals surface area contributed by atoms with E-state index < -0.39 is 0 Å². The maximum absolute atomic E-state index is 11.9. The molecule has 2 heteroatoms. The molecule has 0 spiro atoms. The van der Waals surface area contributed by atoms with Gasteiger partial charge in [-0.3, -0.25) is 9.59 Å². The van der Waals surface area contributed by atoms with Gasteiger partial charge in [0.25, 0.3) is 0 Å². The molecule has 0 amide bonds. The molecule has 18 heavy (non-hydrogen) atoms. The Labute approximate surface area is 108 Å². The molecule has 1 aromatic rings. The first-order valence-corrected chi connectivity index (χ1v) is 6.58. The Balaban J connectivity index is 1.94. The molecule has 0 heterocycles. The average Bonchev–Trinajstić information content (AvgIpc) is 2.46. The lowest BCUT2D eigenvalue weighted by Crippen LogP contribution is -2.15. The van der Waals surface area contributed by atoms with E-state index in [1.807, 2.05) is 18.2 Å². The summed E-state index contributed by atoms with van der Waals surface area (Å²) in [6.45, 7) is 0. The van der Waals surface area contributed by atoms with Gasteiger partial charge >= 0.3 is 0 Å². The van der Waals surface area contributed by atoms with Crippen molar-refractivity contribution in [1.82, 2.24) is 0 Å². The minimum absolute atomic E-state index is 0.0974. The predicted molar refractivity (Wildman–Crippen MR) is 71.5 cm³/mol. The Morgan fingerprint density at radius 2 is 1.61 bits per heavy atom. The normalized spacial score (nSPS) is 16.9. The van der Waals surface area contributed by atoms with Crippen molar-refractivity contribution in [3.63, 3.8) is 0 Å². The van der Waals surface area contributed by atoms with E-state index in [4.69, 9.17) is 0 Å². The number of hydrogen-bond acceptors (Lipinski definition) is 2. The van der Waals surface area contributed by atoms with E-state index in [0.29, 0.717) is 5.56 Å². The molecule has 0 bridgehead atoms. The number of hydrogen-bond donors (Lipinski definition) is 0. The molecule has 1 fully saturated rings. The molecule has 2 rings (SSSR count). The average molecular weight is 242 g/mol. The van der Waals surface area contributed by atoms with Crippen LogP contribution >= 0.6 is 0 Å². The van der Waals surface area contributed by atoms with Crippen LogP contribution < -0.4 is 0 Å².